The molecule has 0 radical (unpaired) electrons. The molecule has 0 aromatic carbocycles. The summed E-state index contributed by atoms with van der Waals surface area (Å²) in [7, 11) is 3.19. The van der Waals surface area contributed by atoms with Crippen molar-refractivity contribution < 1.29 is 19.0 Å². The summed E-state index contributed by atoms with van der Waals surface area (Å²) in [5.41, 5.74) is 0. The molecule has 4 heteroatoms. The molecule has 126 valence electrons. The molecule has 0 saturated heterocycles. The summed E-state index contributed by atoms with van der Waals surface area (Å²) in [6.45, 7) is 3.01. The number of rotatable bonds is 15. The number of hydrogen-bond acceptors (Lipinski definition) is 4. The molecular weight excluding hydrogens is 268 g/mol. The van der Waals surface area contributed by atoms with Crippen LogP contribution in [0, 0.1) is 0 Å². The fourth-order valence-electron chi connectivity index (χ4n) is 2.31. The van der Waals surface area contributed by atoms with Crippen molar-refractivity contribution in [3.8, 4) is 0 Å². The zero-order chi connectivity index (χ0) is 15.8. The van der Waals surface area contributed by atoms with E-state index in [0.717, 1.165) is 12.8 Å². The molecule has 0 N–H and O–H groups in total. The lowest BCUT2D eigenvalue weighted by Crippen LogP contribution is -2.27. The number of hydrogen-bond donors (Lipinski definition) is 0. The molecule has 0 saturated carbocycles. The van der Waals surface area contributed by atoms with Crippen molar-refractivity contribution in [1.82, 2.24) is 0 Å². The molecule has 0 aromatic heterocycles. The Kier molecular flexibility index (Phi) is 15.3. The SMILES string of the molecule is CCCCCCCCCCCC(=O)OC(COC)COC. The Morgan fingerprint density at radius 1 is 0.810 bits per heavy atom. The van der Waals surface area contributed by atoms with Gasteiger partial charge in [0.05, 0.1) is 13.2 Å². The summed E-state index contributed by atoms with van der Waals surface area (Å²) in [5.74, 6) is -0.142. The Balaban J connectivity index is 3.43. The molecule has 0 atom stereocenters. The van der Waals surface area contributed by atoms with Gasteiger partial charge < -0.3 is 14.2 Å². The normalized spacial score (nSPS) is 11.0. The highest BCUT2D eigenvalue weighted by Gasteiger charge is 2.13. The van der Waals surface area contributed by atoms with Crippen LogP contribution in [0.1, 0.15) is 71.1 Å². The molecule has 0 unspecified atom stereocenters. The molecule has 0 heterocycles. The van der Waals surface area contributed by atoms with Gasteiger partial charge in [0.2, 0.25) is 0 Å². The summed E-state index contributed by atoms with van der Waals surface area (Å²) in [5, 5.41) is 0. The van der Waals surface area contributed by atoms with Crippen LogP contribution in [0.5, 0.6) is 0 Å². The highest BCUT2D eigenvalue weighted by molar-refractivity contribution is 5.69. The first-order valence-electron chi connectivity index (χ1n) is 8.41. The molecule has 4 nitrogen and oxygen atoms in total. The third kappa shape index (κ3) is 14.1. The van der Waals surface area contributed by atoms with Crippen LogP contribution in [0.15, 0.2) is 0 Å². The van der Waals surface area contributed by atoms with Crippen molar-refractivity contribution in [3.05, 3.63) is 0 Å². The molecule has 0 spiro atoms. The Labute approximate surface area is 130 Å². The van der Waals surface area contributed by atoms with Gasteiger partial charge in [0.15, 0.2) is 0 Å². The van der Waals surface area contributed by atoms with Crippen molar-refractivity contribution >= 4 is 5.97 Å². The Morgan fingerprint density at radius 2 is 1.29 bits per heavy atom. The number of ether oxygens (including phenoxy) is 3. The van der Waals surface area contributed by atoms with Gasteiger partial charge in [-0.05, 0) is 6.42 Å². The van der Waals surface area contributed by atoms with Crippen LogP contribution in [-0.2, 0) is 19.0 Å². The standard InChI is InChI=1S/C17H34O4/c1-4-5-6-7-8-9-10-11-12-13-17(18)21-16(14-19-2)15-20-3/h16H,4-15H2,1-3H3. The number of carbonyl (C=O) groups is 1. The number of carbonyl (C=O) groups excluding carboxylic acids is 1. The predicted octanol–water partition coefficient (Wildman–Crippen LogP) is 4.11. The van der Waals surface area contributed by atoms with Gasteiger partial charge in [-0.3, -0.25) is 4.79 Å². The average molecular weight is 302 g/mol. The highest BCUT2D eigenvalue weighted by atomic mass is 16.6. The van der Waals surface area contributed by atoms with E-state index in [9.17, 15) is 4.79 Å². The second-order valence-electron chi connectivity index (χ2n) is 5.60. The van der Waals surface area contributed by atoms with E-state index in [-0.39, 0.29) is 12.1 Å². The molecular formula is C17H34O4. The minimum Gasteiger partial charge on any atom is -0.457 e. The number of methoxy groups -OCH3 is 2. The van der Waals surface area contributed by atoms with E-state index in [1.807, 2.05) is 0 Å². The summed E-state index contributed by atoms with van der Waals surface area (Å²) in [6, 6.07) is 0. The van der Waals surface area contributed by atoms with Crippen LogP contribution in [-0.4, -0.2) is 39.5 Å². The highest BCUT2D eigenvalue weighted by Crippen LogP contribution is 2.11. The zero-order valence-electron chi connectivity index (χ0n) is 14.2. The van der Waals surface area contributed by atoms with Crippen molar-refractivity contribution in [3.63, 3.8) is 0 Å². The topological polar surface area (TPSA) is 44.8 Å². The van der Waals surface area contributed by atoms with Crippen LogP contribution >= 0.6 is 0 Å². The van der Waals surface area contributed by atoms with Crippen molar-refractivity contribution in [2.24, 2.45) is 0 Å². The van der Waals surface area contributed by atoms with E-state index in [1.54, 1.807) is 14.2 Å². The van der Waals surface area contributed by atoms with Crippen molar-refractivity contribution in [1.29, 1.82) is 0 Å². The number of unbranched alkanes of at least 4 members (excludes halogenated alkanes) is 8. The largest absolute Gasteiger partial charge is 0.457 e. The maximum atomic E-state index is 11.7. The maximum Gasteiger partial charge on any atom is 0.306 e. The van der Waals surface area contributed by atoms with Crippen molar-refractivity contribution in [2.45, 2.75) is 77.2 Å². The van der Waals surface area contributed by atoms with E-state index in [0.29, 0.717) is 19.6 Å². The average Bonchev–Trinajstić information content (AvgIpc) is 2.46. The summed E-state index contributed by atoms with van der Waals surface area (Å²) in [4.78, 5) is 11.7. The smallest absolute Gasteiger partial charge is 0.306 e. The van der Waals surface area contributed by atoms with Gasteiger partial charge in [-0.1, -0.05) is 58.3 Å². The van der Waals surface area contributed by atoms with E-state index in [2.05, 4.69) is 6.92 Å². The van der Waals surface area contributed by atoms with Crippen LogP contribution < -0.4 is 0 Å². The number of esters is 1. The lowest BCUT2D eigenvalue weighted by molar-refractivity contribution is -0.154. The van der Waals surface area contributed by atoms with Crippen LogP contribution in [0.2, 0.25) is 0 Å². The minimum atomic E-state index is -0.286. The molecule has 0 aliphatic heterocycles. The Morgan fingerprint density at radius 3 is 1.76 bits per heavy atom. The van der Waals surface area contributed by atoms with Gasteiger partial charge >= 0.3 is 5.97 Å². The van der Waals surface area contributed by atoms with Gasteiger partial charge in [-0.2, -0.15) is 0 Å². The first-order chi connectivity index (χ1) is 10.2. The van der Waals surface area contributed by atoms with Gasteiger partial charge in [0, 0.05) is 20.6 Å². The first-order valence-corrected chi connectivity index (χ1v) is 8.41. The van der Waals surface area contributed by atoms with Crippen LogP contribution in [0.3, 0.4) is 0 Å². The molecule has 0 aliphatic rings. The second-order valence-corrected chi connectivity index (χ2v) is 5.60. The van der Waals surface area contributed by atoms with E-state index >= 15 is 0 Å². The quantitative estimate of drug-likeness (QED) is 0.337. The molecule has 21 heavy (non-hydrogen) atoms. The van der Waals surface area contributed by atoms with Gasteiger partial charge in [-0.25, -0.2) is 0 Å². The monoisotopic (exact) mass is 302 g/mol. The fraction of sp³-hybridized carbons (Fsp3) is 0.941. The first kappa shape index (κ1) is 20.4. The lowest BCUT2D eigenvalue weighted by Gasteiger charge is -2.16. The fourth-order valence-corrected chi connectivity index (χ4v) is 2.31. The van der Waals surface area contributed by atoms with E-state index in [4.69, 9.17) is 14.2 Å². The van der Waals surface area contributed by atoms with E-state index in [1.165, 1.54) is 44.9 Å². The Hall–Kier alpha value is -0.610. The molecule has 0 aliphatic carbocycles. The van der Waals surface area contributed by atoms with Gasteiger partial charge in [0.25, 0.3) is 0 Å². The zero-order valence-corrected chi connectivity index (χ0v) is 14.2. The van der Waals surface area contributed by atoms with Crippen LogP contribution in [0.4, 0.5) is 0 Å². The minimum absolute atomic E-state index is 0.142. The summed E-state index contributed by atoms with van der Waals surface area (Å²) in [6.07, 6.45) is 11.5. The van der Waals surface area contributed by atoms with Crippen molar-refractivity contribution in [2.75, 3.05) is 27.4 Å². The van der Waals surface area contributed by atoms with Gasteiger partial charge in [-0.15, -0.1) is 0 Å². The summed E-state index contributed by atoms with van der Waals surface area (Å²) >= 11 is 0. The third-order valence-electron chi connectivity index (χ3n) is 3.49. The molecule has 0 amide bonds. The lowest BCUT2D eigenvalue weighted by atomic mass is 10.1. The maximum absolute atomic E-state index is 11.7. The molecule has 0 aromatic rings. The van der Waals surface area contributed by atoms with Gasteiger partial charge in [0.1, 0.15) is 6.10 Å². The van der Waals surface area contributed by atoms with Crippen LogP contribution in [0.25, 0.3) is 0 Å². The predicted molar refractivity (Wildman–Crippen MR) is 85.5 cm³/mol. The Bertz CT molecular complexity index is 225. The molecule has 0 rings (SSSR count). The third-order valence-corrected chi connectivity index (χ3v) is 3.49. The summed E-state index contributed by atoms with van der Waals surface area (Å²) < 4.78 is 15.3. The second kappa shape index (κ2) is 15.8. The molecule has 0 fully saturated rings. The molecule has 0 bridgehead atoms. The van der Waals surface area contributed by atoms with E-state index < -0.39 is 0 Å².